The summed E-state index contributed by atoms with van der Waals surface area (Å²) in [6.07, 6.45) is 5.53. The molecule has 0 radical (unpaired) electrons. The second kappa shape index (κ2) is 2.50. The summed E-state index contributed by atoms with van der Waals surface area (Å²) in [6, 6.07) is 6.07. The highest BCUT2D eigenvalue weighted by Gasteiger charge is 2.03. The third-order valence-electron chi connectivity index (χ3n) is 2.03. The monoisotopic (exact) mass is 186 g/mol. The molecule has 3 rings (SSSR count). The van der Waals surface area contributed by atoms with Gasteiger partial charge < -0.3 is 0 Å². The Hall–Kier alpha value is -1.48. The lowest BCUT2D eigenvalue weighted by Gasteiger charge is -1.87. The third-order valence-corrected chi connectivity index (χ3v) is 3.12. The van der Waals surface area contributed by atoms with Crippen LogP contribution >= 0.6 is 11.3 Å². The van der Waals surface area contributed by atoms with Crippen molar-refractivity contribution in [2.75, 3.05) is 0 Å². The van der Waals surface area contributed by atoms with Gasteiger partial charge in [-0.25, -0.2) is 0 Å². The maximum Gasteiger partial charge on any atom is 0.0889 e. The molecule has 3 heterocycles. The van der Waals surface area contributed by atoms with Crippen LogP contribution in [0.25, 0.3) is 20.3 Å². The molecule has 0 saturated heterocycles. The van der Waals surface area contributed by atoms with Crippen molar-refractivity contribution in [2.45, 2.75) is 0 Å². The lowest BCUT2D eigenvalue weighted by molar-refractivity contribution is 1.37. The predicted octanol–water partition coefficient (Wildman–Crippen LogP) is 2.84. The van der Waals surface area contributed by atoms with Crippen molar-refractivity contribution in [3.63, 3.8) is 0 Å². The second-order valence-corrected chi connectivity index (χ2v) is 3.91. The van der Waals surface area contributed by atoms with Gasteiger partial charge in [-0.1, -0.05) is 0 Å². The van der Waals surface area contributed by atoms with Gasteiger partial charge in [0.2, 0.25) is 0 Å². The van der Waals surface area contributed by atoms with E-state index in [2.05, 4.69) is 16.0 Å². The molecule has 62 valence electrons. The van der Waals surface area contributed by atoms with Crippen molar-refractivity contribution < 1.29 is 0 Å². The first-order chi connectivity index (χ1) is 6.45. The molecule has 0 aliphatic heterocycles. The van der Waals surface area contributed by atoms with Gasteiger partial charge in [-0.3, -0.25) is 9.97 Å². The van der Waals surface area contributed by atoms with Crippen LogP contribution in [-0.2, 0) is 0 Å². The highest BCUT2D eigenvalue weighted by Crippen LogP contribution is 2.30. The molecule has 2 nitrogen and oxygen atoms in total. The van der Waals surface area contributed by atoms with Gasteiger partial charge in [0.05, 0.1) is 14.9 Å². The Labute approximate surface area is 78.9 Å². The number of hydrogen-bond donors (Lipinski definition) is 0. The SMILES string of the molecule is c1cnc2c(c1)sc1cnccc12. The minimum Gasteiger partial charge on any atom is -0.263 e. The van der Waals surface area contributed by atoms with Crippen molar-refractivity contribution in [1.82, 2.24) is 9.97 Å². The van der Waals surface area contributed by atoms with E-state index >= 15 is 0 Å². The van der Waals surface area contributed by atoms with Gasteiger partial charge in [0, 0.05) is 24.0 Å². The average molecular weight is 186 g/mol. The first-order valence-corrected chi connectivity index (χ1v) is 4.84. The van der Waals surface area contributed by atoms with E-state index in [1.54, 1.807) is 11.3 Å². The summed E-state index contributed by atoms with van der Waals surface area (Å²) in [7, 11) is 0. The van der Waals surface area contributed by atoms with E-state index in [-0.39, 0.29) is 0 Å². The molecule has 0 saturated carbocycles. The van der Waals surface area contributed by atoms with E-state index in [1.807, 2.05) is 30.7 Å². The van der Waals surface area contributed by atoms with Gasteiger partial charge in [-0.2, -0.15) is 0 Å². The summed E-state index contributed by atoms with van der Waals surface area (Å²) >= 11 is 1.74. The average Bonchev–Trinajstić information content (AvgIpc) is 2.56. The van der Waals surface area contributed by atoms with Crippen LogP contribution in [0.15, 0.2) is 36.8 Å². The standard InChI is InChI=1S/C10H6N2S/c1-2-8-10(12-4-1)7-3-5-11-6-9(7)13-8/h1-6H. The van der Waals surface area contributed by atoms with Gasteiger partial charge in [0.15, 0.2) is 0 Å². The Bertz CT molecular complexity index is 521. The molecule has 13 heavy (non-hydrogen) atoms. The fourth-order valence-corrected chi connectivity index (χ4v) is 2.48. The summed E-state index contributed by atoms with van der Waals surface area (Å²) in [5.41, 5.74) is 1.09. The normalized spacial score (nSPS) is 11.1. The van der Waals surface area contributed by atoms with Crippen LogP contribution in [0, 0.1) is 0 Å². The number of hydrogen-bond acceptors (Lipinski definition) is 3. The molecule has 3 aromatic rings. The summed E-state index contributed by atoms with van der Waals surface area (Å²) in [6.45, 7) is 0. The van der Waals surface area contributed by atoms with Gasteiger partial charge in [0.25, 0.3) is 0 Å². The van der Waals surface area contributed by atoms with Crippen LogP contribution in [0.3, 0.4) is 0 Å². The highest BCUT2D eigenvalue weighted by atomic mass is 32.1. The van der Waals surface area contributed by atoms with E-state index in [1.165, 1.54) is 14.8 Å². The minimum atomic E-state index is 1.09. The number of thiophene rings is 1. The van der Waals surface area contributed by atoms with Crippen molar-refractivity contribution in [3.05, 3.63) is 36.8 Å². The quantitative estimate of drug-likeness (QED) is 0.539. The smallest absolute Gasteiger partial charge is 0.0889 e. The third kappa shape index (κ3) is 0.939. The Morgan fingerprint density at radius 1 is 1.08 bits per heavy atom. The molecular formula is C10H6N2S. The minimum absolute atomic E-state index is 1.09. The summed E-state index contributed by atoms with van der Waals surface area (Å²) < 4.78 is 2.43. The fourth-order valence-electron chi connectivity index (χ4n) is 1.45. The van der Waals surface area contributed by atoms with Crippen molar-refractivity contribution >= 4 is 31.6 Å². The molecule has 0 unspecified atom stereocenters. The van der Waals surface area contributed by atoms with Crippen LogP contribution in [0.2, 0.25) is 0 Å². The molecular weight excluding hydrogens is 180 g/mol. The lowest BCUT2D eigenvalue weighted by Crippen LogP contribution is -1.71. The number of fused-ring (bicyclic) bond motifs is 3. The van der Waals surface area contributed by atoms with Gasteiger partial charge in [-0.05, 0) is 18.2 Å². The summed E-state index contributed by atoms with van der Waals surface area (Å²) in [5.74, 6) is 0. The topological polar surface area (TPSA) is 25.8 Å². The Morgan fingerprint density at radius 3 is 3.08 bits per heavy atom. The Kier molecular flexibility index (Phi) is 1.34. The number of nitrogens with zero attached hydrogens (tertiary/aromatic N) is 2. The molecule has 0 atom stereocenters. The zero-order valence-electron chi connectivity index (χ0n) is 6.77. The predicted molar refractivity (Wildman–Crippen MR) is 54.9 cm³/mol. The van der Waals surface area contributed by atoms with Gasteiger partial charge in [-0.15, -0.1) is 11.3 Å². The molecule has 0 bridgehead atoms. The molecule has 0 N–H and O–H groups in total. The zero-order chi connectivity index (χ0) is 8.67. The first kappa shape index (κ1) is 6.97. The Balaban J connectivity index is 2.64. The van der Waals surface area contributed by atoms with E-state index in [0.717, 1.165) is 5.52 Å². The molecule has 0 amide bonds. The van der Waals surface area contributed by atoms with E-state index in [0.29, 0.717) is 0 Å². The highest BCUT2D eigenvalue weighted by molar-refractivity contribution is 7.25. The van der Waals surface area contributed by atoms with Crippen molar-refractivity contribution in [1.29, 1.82) is 0 Å². The number of rotatable bonds is 0. The van der Waals surface area contributed by atoms with Gasteiger partial charge >= 0.3 is 0 Å². The fraction of sp³-hybridized carbons (Fsp3) is 0. The maximum absolute atomic E-state index is 4.35. The largest absolute Gasteiger partial charge is 0.263 e. The van der Waals surface area contributed by atoms with Crippen LogP contribution in [0.4, 0.5) is 0 Å². The molecule has 0 fully saturated rings. The number of pyridine rings is 2. The van der Waals surface area contributed by atoms with Crippen LogP contribution in [0.5, 0.6) is 0 Å². The number of aromatic nitrogens is 2. The molecule has 0 aromatic carbocycles. The summed E-state index contributed by atoms with van der Waals surface area (Å²) in [5, 5.41) is 1.20. The molecule has 0 spiro atoms. The zero-order valence-corrected chi connectivity index (χ0v) is 7.58. The molecule has 0 aliphatic rings. The maximum atomic E-state index is 4.35. The molecule has 0 aliphatic carbocycles. The Morgan fingerprint density at radius 2 is 2.08 bits per heavy atom. The molecule has 3 aromatic heterocycles. The van der Waals surface area contributed by atoms with Crippen molar-refractivity contribution in [3.8, 4) is 0 Å². The van der Waals surface area contributed by atoms with Crippen LogP contribution in [-0.4, -0.2) is 9.97 Å². The lowest BCUT2D eigenvalue weighted by atomic mass is 10.3. The van der Waals surface area contributed by atoms with Crippen LogP contribution < -0.4 is 0 Å². The van der Waals surface area contributed by atoms with Gasteiger partial charge in [0.1, 0.15) is 0 Å². The van der Waals surface area contributed by atoms with E-state index < -0.39 is 0 Å². The van der Waals surface area contributed by atoms with Crippen LogP contribution in [0.1, 0.15) is 0 Å². The molecule has 3 heteroatoms. The van der Waals surface area contributed by atoms with Crippen molar-refractivity contribution in [2.24, 2.45) is 0 Å². The first-order valence-electron chi connectivity index (χ1n) is 4.02. The summed E-state index contributed by atoms with van der Waals surface area (Å²) in [4.78, 5) is 8.44. The van der Waals surface area contributed by atoms with E-state index in [4.69, 9.17) is 0 Å². The van der Waals surface area contributed by atoms with E-state index in [9.17, 15) is 0 Å². The second-order valence-electron chi connectivity index (χ2n) is 2.82.